The van der Waals surface area contributed by atoms with Crippen LogP contribution in [0.5, 0.6) is 5.75 Å². The first-order valence-electron chi connectivity index (χ1n) is 10.9. The van der Waals surface area contributed by atoms with Crippen molar-refractivity contribution in [1.82, 2.24) is 9.80 Å². The lowest BCUT2D eigenvalue weighted by atomic mass is 9.79. The summed E-state index contributed by atoms with van der Waals surface area (Å²) in [5.74, 6) is 0.187. The van der Waals surface area contributed by atoms with Gasteiger partial charge in [0.25, 0.3) is 0 Å². The van der Waals surface area contributed by atoms with Crippen LogP contribution in [0.15, 0.2) is 66.7 Å². The van der Waals surface area contributed by atoms with Gasteiger partial charge in [-0.05, 0) is 25.1 Å². The zero-order valence-electron chi connectivity index (χ0n) is 18.1. The molecule has 3 aliphatic rings. The highest BCUT2D eigenvalue weighted by molar-refractivity contribution is 6.06. The predicted molar refractivity (Wildman–Crippen MR) is 119 cm³/mol. The number of rotatable bonds is 5. The molecule has 0 bridgehead atoms. The number of para-hydroxylation sites is 1. The van der Waals surface area contributed by atoms with E-state index >= 15 is 0 Å². The molecule has 3 aliphatic heterocycles. The van der Waals surface area contributed by atoms with Crippen LogP contribution in [0.4, 0.5) is 0 Å². The number of ether oxygens (including phenoxy) is 1. The van der Waals surface area contributed by atoms with Gasteiger partial charge in [-0.2, -0.15) is 0 Å². The third-order valence-electron chi connectivity index (χ3n) is 7.11. The van der Waals surface area contributed by atoms with Crippen LogP contribution >= 0.6 is 0 Å². The Labute approximate surface area is 183 Å². The van der Waals surface area contributed by atoms with Crippen molar-refractivity contribution in [2.75, 3.05) is 26.7 Å². The number of amides is 2. The molecule has 2 amide bonds. The molecular weight excluding hydrogens is 388 g/mol. The van der Waals surface area contributed by atoms with Crippen molar-refractivity contribution in [2.45, 2.75) is 24.8 Å². The van der Waals surface area contributed by atoms with E-state index in [2.05, 4.69) is 24.5 Å². The highest BCUT2D eigenvalue weighted by Gasteiger charge is 2.56. The summed E-state index contributed by atoms with van der Waals surface area (Å²) in [5, 5.41) is 0. The van der Waals surface area contributed by atoms with Crippen LogP contribution in [0.25, 0.3) is 0 Å². The summed E-state index contributed by atoms with van der Waals surface area (Å²) in [5.41, 5.74) is 2.95. The summed E-state index contributed by atoms with van der Waals surface area (Å²) >= 11 is 0. The van der Waals surface area contributed by atoms with Crippen molar-refractivity contribution in [3.63, 3.8) is 0 Å². The Kier molecular flexibility index (Phi) is 4.74. The molecule has 0 aromatic heterocycles. The minimum Gasteiger partial charge on any atom is -0.492 e. The Morgan fingerprint density at radius 1 is 1.10 bits per heavy atom. The van der Waals surface area contributed by atoms with Gasteiger partial charge >= 0.3 is 0 Å². The van der Waals surface area contributed by atoms with Gasteiger partial charge in [-0.1, -0.05) is 67.6 Å². The molecule has 0 spiro atoms. The summed E-state index contributed by atoms with van der Waals surface area (Å²) in [7, 11) is 2.00. The van der Waals surface area contributed by atoms with Crippen LogP contribution < -0.4 is 4.74 Å². The number of hydrogen-bond acceptors (Lipinski definition) is 4. The third kappa shape index (κ3) is 3.19. The van der Waals surface area contributed by atoms with Gasteiger partial charge in [0.2, 0.25) is 11.8 Å². The van der Waals surface area contributed by atoms with E-state index in [-0.39, 0.29) is 41.7 Å². The molecule has 2 saturated heterocycles. The fourth-order valence-corrected chi connectivity index (χ4v) is 5.71. The Morgan fingerprint density at radius 2 is 1.81 bits per heavy atom. The molecule has 31 heavy (non-hydrogen) atoms. The maximum atomic E-state index is 13.4. The van der Waals surface area contributed by atoms with Crippen LogP contribution in [-0.4, -0.2) is 48.4 Å². The van der Waals surface area contributed by atoms with E-state index in [0.29, 0.717) is 19.6 Å². The summed E-state index contributed by atoms with van der Waals surface area (Å²) in [4.78, 5) is 30.2. The molecule has 2 fully saturated rings. The third-order valence-corrected chi connectivity index (χ3v) is 7.11. The largest absolute Gasteiger partial charge is 0.492 e. The highest BCUT2D eigenvalue weighted by Crippen LogP contribution is 2.46. The maximum Gasteiger partial charge on any atom is 0.235 e. The van der Waals surface area contributed by atoms with Gasteiger partial charge in [-0.25, -0.2) is 0 Å². The first-order chi connectivity index (χ1) is 14.9. The molecule has 5 nitrogen and oxygen atoms in total. The van der Waals surface area contributed by atoms with Gasteiger partial charge in [0.15, 0.2) is 0 Å². The van der Waals surface area contributed by atoms with E-state index in [1.165, 1.54) is 4.90 Å². The second-order valence-corrected chi connectivity index (χ2v) is 9.46. The van der Waals surface area contributed by atoms with Gasteiger partial charge < -0.3 is 4.74 Å². The number of carbonyl (C=O) groups is 2. The number of imide groups is 1. The number of hydrogen-bond donors (Lipinski definition) is 0. The average molecular weight is 417 g/mol. The lowest BCUT2D eigenvalue weighted by molar-refractivity contribution is -0.140. The van der Waals surface area contributed by atoms with Crippen LogP contribution in [0.1, 0.15) is 30.5 Å². The van der Waals surface area contributed by atoms with Gasteiger partial charge in [0.1, 0.15) is 5.75 Å². The van der Waals surface area contributed by atoms with Crippen LogP contribution in [0, 0.1) is 11.8 Å². The summed E-state index contributed by atoms with van der Waals surface area (Å²) in [6.45, 7) is 7.88. The van der Waals surface area contributed by atoms with Gasteiger partial charge in [-0.3, -0.25) is 19.4 Å². The Bertz CT molecular complexity index is 1050. The van der Waals surface area contributed by atoms with Crippen molar-refractivity contribution in [2.24, 2.45) is 11.8 Å². The zero-order chi connectivity index (χ0) is 21.8. The number of likely N-dealkylation sites (tertiary alicyclic amines) is 2. The number of fused-ring (bicyclic) bond motifs is 2. The Morgan fingerprint density at radius 3 is 2.58 bits per heavy atom. The van der Waals surface area contributed by atoms with Crippen LogP contribution in [0.2, 0.25) is 0 Å². The Hall–Kier alpha value is -2.92. The van der Waals surface area contributed by atoms with Gasteiger partial charge in [-0.15, -0.1) is 0 Å². The molecule has 0 radical (unpaired) electrons. The van der Waals surface area contributed by atoms with E-state index in [1.807, 2.05) is 55.6 Å². The van der Waals surface area contributed by atoms with Gasteiger partial charge in [0, 0.05) is 30.1 Å². The van der Waals surface area contributed by atoms with Crippen molar-refractivity contribution < 1.29 is 14.3 Å². The van der Waals surface area contributed by atoms with Crippen molar-refractivity contribution in [3.8, 4) is 5.75 Å². The minimum absolute atomic E-state index is 0.0605. The quantitative estimate of drug-likeness (QED) is 0.552. The average Bonchev–Trinajstić information content (AvgIpc) is 3.35. The predicted octanol–water partition coefficient (Wildman–Crippen LogP) is 3.57. The lowest BCUT2D eigenvalue weighted by Gasteiger charge is -2.28. The molecule has 0 unspecified atom stereocenters. The SMILES string of the molecule is C=C(CN1C(=O)[C@H]2[C@H](CN(C)[C@@H]2c2ccccc2)C1=O)C[C@]1(C)COc2ccccc21. The van der Waals surface area contributed by atoms with E-state index < -0.39 is 0 Å². The van der Waals surface area contributed by atoms with Crippen LogP contribution in [-0.2, 0) is 15.0 Å². The topological polar surface area (TPSA) is 49.9 Å². The number of carbonyl (C=O) groups excluding carboxylic acids is 2. The fourth-order valence-electron chi connectivity index (χ4n) is 5.71. The van der Waals surface area contributed by atoms with Crippen molar-refractivity contribution >= 4 is 11.8 Å². The first kappa shape index (κ1) is 20.0. The fraction of sp³-hybridized carbons (Fsp3) is 0.385. The standard InChI is InChI=1S/C26H28N2O3/c1-17(13-26(2)16-31-21-12-8-7-11-20(21)26)14-28-24(29)19-15-27(3)23(22(19)25(28)30)18-9-5-4-6-10-18/h4-12,19,22-23H,1,13-16H2,2-3H3/t19-,22-,23+,26+/m0/s1. The van der Waals surface area contributed by atoms with Crippen molar-refractivity contribution in [3.05, 3.63) is 77.9 Å². The highest BCUT2D eigenvalue weighted by atomic mass is 16.5. The Balaban J connectivity index is 1.33. The van der Waals surface area contributed by atoms with Gasteiger partial charge in [0.05, 0.1) is 18.4 Å². The maximum absolute atomic E-state index is 13.4. The van der Waals surface area contributed by atoms with E-state index in [4.69, 9.17) is 4.74 Å². The molecule has 160 valence electrons. The zero-order valence-corrected chi connectivity index (χ0v) is 18.1. The smallest absolute Gasteiger partial charge is 0.235 e. The summed E-state index contributed by atoms with van der Waals surface area (Å²) < 4.78 is 5.87. The molecule has 3 heterocycles. The normalized spacial score (nSPS) is 29.7. The van der Waals surface area contributed by atoms with E-state index in [0.717, 1.165) is 22.4 Å². The number of nitrogens with zero attached hydrogens (tertiary/aromatic N) is 2. The number of benzene rings is 2. The molecule has 0 N–H and O–H groups in total. The molecule has 2 aromatic carbocycles. The van der Waals surface area contributed by atoms with Crippen molar-refractivity contribution in [1.29, 1.82) is 0 Å². The molecule has 5 rings (SSSR count). The van der Waals surface area contributed by atoms with Crippen LogP contribution in [0.3, 0.4) is 0 Å². The first-order valence-corrected chi connectivity index (χ1v) is 10.9. The second kappa shape index (κ2) is 7.34. The molecular formula is C26H28N2O3. The summed E-state index contributed by atoms with van der Waals surface area (Å²) in [6, 6.07) is 18.0. The second-order valence-electron chi connectivity index (χ2n) is 9.46. The monoisotopic (exact) mass is 416 g/mol. The molecule has 0 saturated carbocycles. The molecule has 0 aliphatic carbocycles. The molecule has 5 heteroatoms. The minimum atomic E-state index is -0.321. The van der Waals surface area contributed by atoms with E-state index in [9.17, 15) is 9.59 Å². The lowest BCUT2D eigenvalue weighted by Crippen LogP contribution is -2.38. The summed E-state index contributed by atoms with van der Waals surface area (Å²) in [6.07, 6.45) is 0.679. The van der Waals surface area contributed by atoms with E-state index in [1.54, 1.807) is 0 Å². The molecule has 2 aromatic rings. The molecule has 4 atom stereocenters.